The van der Waals surface area contributed by atoms with E-state index in [0.29, 0.717) is 63.2 Å². The Bertz CT molecular complexity index is 3870. The first-order chi connectivity index (χ1) is 42.3. The van der Waals surface area contributed by atoms with Crippen molar-refractivity contribution in [3.8, 4) is 0 Å². The van der Waals surface area contributed by atoms with Gasteiger partial charge in [0.1, 0.15) is 23.7 Å². The van der Waals surface area contributed by atoms with Gasteiger partial charge in [0.25, 0.3) is 0 Å². The molecule has 0 spiro atoms. The van der Waals surface area contributed by atoms with Crippen LogP contribution in [0, 0.1) is 0 Å². The molecule has 7 amide bonds. The van der Waals surface area contributed by atoms with Gasteiger partial charge in [-0.2, -0.15) is 22.7 Å². The number of carbonyl (C=O) groups is 7. The number of ether oxygens (including phenoxy) is 1. The number of nitrogens with one attached hydrogen (secondary N) is 3. The summed E-state index contributed by atoms with van der Waals surface area (Å²) in [5.74, 6) is -1.20. The Hall–Kier alpha value is -8.63. The van der Waals surface area contributed by atoms with E-state index in [-0.39, 0.29) is 49.0 Å². The first kappa shape index (κ1) is 62.4. The maximum Gasteiger partial charge on any atom is 0.408 e. The monoisotopic (exact) mass is 1230 g/mol. The van der Waals surface area contributed by atoms with E-state index in [9.17, 15) is 33.6 Å². The van der Waals surface area contributed by atoms with Crippen LogP contribution in [0.5, 0.6) is 0 Å². The summed E-state index contributed by atoms with van der Waals surface area (Å²) >= 11 is 3.11. The van der Waals surface area contributed by atoms with Crippen molar-refractivity contribution in [2.24, 2.45) is 19.8 Å². The number of anilines is 4. The van der Waals surface area contributed by atoms with Crippen LogP contribution in [0.2, 0.25) is 0 Å². The molecule has 2 fully saturated rings. The van der Waals surface area contributed by atoms with Gasteiger partial charge in [-0.15, -0.1) is 0 Å². The second kappa shape index (κ2) is 27.2. The van der Waals surface area contributed by atoms with Crippen molar-refractivity contribution < 1.29 is 43.4 Å². The molecule has 0 aliphatic carbocycles. The van der Waals surface area contributed by atoms with Crippen molar-refractivity contribution >= 4 is 109 Å². The largest absolute Gasteiger partial charge is 0.444 e. The molecular weight excluding hydrogens is 1150 g/mol. The highest BCUT2D eigenvalue weighted by atomic mass is 32.1. The Labute approximate surface area is 520 Å². The van der Waals surface area contributed by atoms with Crippen molar-refractivity contribution in [1.29, 1.82) is 0 Å². The number of thiophene rings is 2. The third-order valence-electron chi connectivity index (χ3n) is 16.1. The lowest BCUT2D eigenvalue weighted by atomic mass is 9.94. The number of amides is 7. The molecule has 0 radical (unpaired) electrons. The van der Waals surface area contributed by atoms with E-state index in [1.54, 1.807) is 70.0 Å². The zero-order valence-corrected chi connectivity index (χ0v) is 52.1. The van der Waals surface area contributed by atoms with Gasteiger partial charge in [0, 0.05) is 100 Å². The zero-order valence-electron chi connectivity index (χ0n) is 50.5. The molecule has 460 valence electrons. The van der Waals surface area contributed by atoms with E-state index in [2.05, 4.69) is 16.0 Å². The lowest BCUT2D eigenvalue weighted by Crippen LogP contribution is -2.57. The molecule has 4 aromatic carbocycles. The topological polar surface area (TPSA) is 234 Å². The van der Waals surface area contributed by atoms with Crippen LogP contribution in [0.4, 0.5) is 27.5 Å². The van der Waals surface area contributed by atoms with Crippen molar-refractivity contribution in [2.75, 3.05) is 39.3 Å². The summed E-state index contributed by atoms with van der Waals surface area (Å²) in [6, 6.07) is 28.0. The average molecular weight is 1230 g/mol. The highest BCUT2D eigenvalue weighted by Gasteiger charge is 2.41. The molecular formula is C67H76N10O9S2. The first-order valence-electron chi connectivity index (χ1n) is 29.8. The fraction of sp³-hybridized carbons (Fsp3) is 0.358. The van der Waals surface area contributed by atoms with E-state index in [1.807, 2.05) is 154 Å². The zero-order chi connectivity index (χ0) is 62.4. The van der Waals surface area contributed by atoms with Crippen LogP contribution in [0.3, 0.4) is 0 Å². The van der Waals surface area contributed by atoms with Crippen LogP contribution < -0.4 is 41.3 Å². The maximum atomic E-state index is 14.3. The summed E-state index contributed by atoms with van der Waals surface area (Å²) < 4.78 is 9.53. The molecule has 4 aliphatic rings. The number of para-hydroxylation sites is 4. The van der Waals surface area contributed by atoms with E-state index < -0.39 is 41.8 Å². The minimum Gasteiger partial charge on any atom is -0.444 e. The quantitative estimate of drug-likeness (QED) is 0.0656. The molecule has 0 bridgehead atoms. The molecule has 2 saturated heterocycles. The fourth-order valence-corrected chi connectivity index (χ4v) is 13.5. The fourth-order valence-electron chi connectivity index (χ4n) is 12.2. The third kappa shape index (κ3) is 13.9. The average Bonchev–Trinajstić information content (AvgIpc) is 2.30. The predicted octanol–water partition coefficient (Wildman–Crippen LogP) is 8.59. The molecule has 8 heterocycles. The highest BCUT2D eigenvalue weighted by Crippen LogP contribution is 2.42. The summed E-state index contributed by atoms with van der Waals surface area (Å²) in [5.41, 5.74) is 16.3. The summed E-state index contributed by atoms with van der Waals surface area (Å²) in [6.07, 6.45) is 6.95. The van der Waals surface area contributed by atoms with Gasteiger partial charge in [-0.05, 0) is 138 Å². The summed E-state index contributed by atoms with van der Waals surface area (Å²) in [5, 5.41) is 26.2. The minimum absolute atomic E-state index is 0.0382. The van der Waals surface area contributed by atoms with E-state index >= 15 is 0 Å². The van der Waals surface area contributed by atoms with Gasteiger partial charge in [0.15, 0.2) is 0 Å². The number of hydrogen-bond donors (Lipinski definition) is 5. The number of hydrogen-bond acceptors (Lipinski definition) is 12. The minimum atomic E-state index is -1.01. The lowest BCUT2D eigenvalue weighted by Gasteiger charge is -2.37. The number of carbonyl (C=O) groups excluding carboxylic acids is 7. The SMILES string of the molecule is CCO.Cn1cc(C[C@@H](N)C(=O)NC2Cc3cccc(N4CCCC4=O)c3N(Cc3ccsc3)C2=O)c2ccccc21.Cn1cc(C[C@@H](NC(=O)OC(C)(C)C)C(=O)NC2Cc3cccc(N4CCCC4=O)c3N(Cc3ccsc3)C2=O)c2ccccc21. The van der Waals surface area contributed by atoms with E-state index in [4.69, 9.17) is 15.6 Å². The first-order valence-corrected chi connectivity index (χ1v) is 31.7. The number of nitrogens with zero attached hydrogens (tertiary/aromatic N) is 6. The van der Waals surface area contributed by atoms with Crippen LogP contribution in [-0.4, -0.2) is 105 Å². The van der Waals surface area contributed by atoms with Crippen LogP contribution >= 0.6 is 22.7 Å². The van der Waals surface area contributed by atoms with Crippen molar-refractivity contribution in [3.63, 3.8) is 0 Å². The third-order valence-corrected chi connectivity index (χ3v) is 17.5. The standard InChI is InChI=1S/C35H39N5O5S.C30H31N5O3S.C2H6O/c1-35(2,3)45-34(44)37-26(18-24-20-38(4)28-11-6-5-10-25(24)28)32(42)36-27-17-23-9-7-12-29(39-15-8-13-30(39)41)31(23)40(33(27)43)19-22-14-16-46-21-22;1-33-17-21(22-7-2-3-8-25(22)33)14-23(31)29(37)32-24-15-20-6-4-9-26(34-12-5-10-27(34)36)28(20)35(30(24)38)16-19-11-13-39-18-19;1-2-3/h5-7,9-12,14,16,20-21,26-27H,8,13,15,17-19H2,1-4H3,(H,36,42)(H,37,44);2-4,6-9,11,13,17-18,23-24H,5,10,12,14-16,31H2,1H3,(H,32,37);3H,2H2,1H3/t26-,27?;23-,24?;/m11./s1. The molecule has 0 saturated carbocycles. The van der Waals surface area contributed by atoms with Gasteiger partial charge < -0.3 is 60.3 Å². The van der Waals surface area contributed by atoms with Gasteiger partial charge in [0.2, 0.25) is 35.4 Å². The van der Waals surface area contributed by atoms with Crippen molar-refractivity contribution in [2.45, 2.75) is 122 Å². The number of aromatic nitrogens is 2. The molecule has 88 heavy (non-hydrogen) atoms. The van der Waals surface area contributed by atoms with Crippen LogP contribution in [-0.2, 0) is 86.4 Å². The Morgan fingerprint density at radius 2 is 1.10 bits per heavy atom. The van der Waals surface area contributed by atoms with E-state index in [0.717, 1.165) is 79.4 Å². The maximum absolute atomic E-state index is 14.3. The predicted molar refractivity (Wildman–Crippen MR) is 345 cm³/mol. The number of benzene rings is 4. The van der Waals surface area contributed by atoms with Crippen LogP contribution in [0.25, 0.3) is 21.8 Å². The Balaban J connectivity index is 0.000000188. The Kier molecular flexibility index (Phi) is 19.3. The van der Waals surface area contributed by atoms with Gasteiger partial charge in [-0.3, -0.25) is 28.8 Å². The molecule has 6 N–H and O–H groups in total. The lowest BCUT2D eigenvalue weighted by molar-refractivity contribution is -0.129. The Morgan fingerprint density at radius 3 is 1.53 bits per heavy atom. The molecule has 4 aromatic heterocycles. The molecule has 2 unspecified atom stereocenters. The second-order valence-electron chi connectivity index (χ2n) is 23.6. The number of rotatable bonds is 15. The van der Waals surface area contributed by atoms with Gasteiger partial charge in [0.05, 0.1) is 41.9 Å². The number of fused-ring (bicyclic) bond motifs is 4. The number of aliphatic hydroxyl groups is 1. The number of alkyl carbamates (subject to hydrolysis) is 1. The summed E-state index contributed by atoms with van der Waals surface area (Å²) in [4.78, 5) is 101. The number of aliphatic hydroxyl groups excluding tert-OH is 1. The summed E-state index contributed by atoms with van der Waals surface area (Å²) in [7, 11) is 3.91. The number of aryl methyl sites for hydroxylation is 2. The van der Waals surface area contributed by atoms with Crippen molar-refractivity contribution in [1.82, 2.24) is 25.1 Å². The van der Waals surface area contributed by atoms with Gasteiger partial charge in [-0.25, -0.2) is 4.79 Å². The van der Waals surface area contributed by atoms with E-state index in [1.165, 1.54) is 0 Å². The van der Waals surface area contributed by atoms with Gasteiger partial charge >= 0.3 is 6.09 Å². The second-order valence-corrected chi connectivity index (χ2v) is 25.2. The molecule has 4 atom stereocenters. The Morgan fingerprint density at radius 1 is 0.648 bits per heavy atom. The van der Waals surface area contributed by atoms with Crippen LogP contribution in [0.15, 0.2) is 131 Å². The number of nitrogens with two attached hydrogens (primary N) is 1. The molecule has 4 aliphatic heterocycles. The molecule has 19 nitrogen and oxygen atoms in total. The highest BCUT2D eigenvalue weighted by molar-refractivity contribution is 7.08. The molecule has 12 rings (SSSR count). The van der Waals surface area contributed by atoms with Gasteiger partial charge in [-0.1, -0.05) is 60.7 Å². The van der Waals surface area contributed by atoms with Crippen molar-refractivity contribution in [3.05, 3.63) is 164 Å². The van der Waals surface area contributed by atoms with Crippen LogP contribution in [0.1, 0.15) is 86.8 Å². The molecule has 8 aromatic rings. The summed E-state index contributed by atoms with van der Waals surface area (Å²) in [6.45, 7) is 9.11. The molecule has 21 heteroatoms. The normalized spacial score (nSPS) is 17.2. The smallest absolute Gasteiger partial charge is 0.408 e.